The Labute approximate surface area is 134 Å². The number of anilines is 1. The largest absolute Gasteiger partial charge is 0.289 e. The molecule has 4 nitrogen and oxygen atoms in total. The normalized spacial score (nSPS) is 11.7. The first-order valence-electron chi connectivity index (χ1n) is 6.79. The van der Waals surface area contributed by atoms with Gasteiger partial charge in [-0.2, -0.15) is 0 Å². The van der Waals surface area contributed by atoms with Gasteiger partial charge in [-0.05, 0) is 62.4 Å². The minimum absolute atomic E-state index is 0.0106. The summed E-state index contributed by atoms with van der Waals surface area (Å²) in [4.78, 5) is 14.3. The fraction of sp³-hybridized carbons (Fsp3) is 0.188. The number of thiophene rings is 1. The highest BCUT2D eigenvalue weighted by Gasteiger charge is 2.07. The first-order chi connectivity index (χ1) is 10.4. The average molecular weight is 335 g/mol. The van der Waals surface area contributed by atoms with E-state index >= 15 is 0 Å². The molecule has 0 spiro atoms. The van der Waals surface area contributed by atoms with Gasteiger partial charge in [-0.1, -0.05) is 0 Å². The predicted molar refractivity (Wildman–Crippen MR) is 91.9 cm³/mol. The molecule has 2 rings (SSSR count). The summed E-state index contributed by atoms with van der Waals surface area (Å²) in [6, 6.07) is 10.4. The van der Waals surface area contributed by atoms with E-state index in [1.165, 1.54) is 11.0 Å². The van der Waals surface area contributed by atoms with E-state index in [4.69, 9.17) is 0 Å². The van der Waals surface area contributed by atoms with Crippen molar-refractivity contribution in [2.24, 2.45) is 0 Å². The fourth-order valence-corrected chi connectivity index (χ4v) is 3.17. The third-order valence-corrected chi connectivity index (χ3v) is 5.26. The van der Waals surface area contributed by atoms with Gasteiger partial charge in [-0.15, -0.1) is 11.3 Å². The zero-order valence-corrected chi connectivity index (χ0v) is 14.0. The molecule has 0 saturated heterocycles. The van der Waals surface area contributed by atoms with Crippen LogP contribution < -0.4 is 4.72 Å². The van der Waals surface area contributed by atoms with Gasteiger partial charge in [0.25, 0.3) is 0 Å². The summed E-state index contributed by atoms with van der Waals surface area (Å²) < 4.78 is 25.4. The summed E-state index contributed by atoms with van der Waals surface area (Å²) in [6.45, 7) is 3.58. The monoisotopic (exact) mass is 335 g/mol. The highest BCUT2D eigenvalue weighted by molar-refractivity contribution is 7.92. The standard InChI is InChI=1S/C16H17NO3S2/c1-3-22(19,20)17-14-7-5-13(6-8-14)16(18)11-10-15-9-4-12(2)21-15/h4-11,17H,3H2,1-2H3. The Morgan fingerprint density at radius 1 is 1.18 bits per heavy atom. The summed E-state index contributed by atoms with van der Waals surface area (Å²) in [6.07, 6.45) is 3.31. The van der Waals surface area contributed by atoms with Gasteiger partial charge in [0, 0.05) is 21.0 Å². The van der Waals surface area contributed by atoms with Crippen LogP contribution in [0.4, 0.5) is 5.69 Å². The van der Waals surface area contributed by atoms with Gasteiger partial charge >= 0.3 is 0 Å². The van der Waals surface area contributed by atoms with Gasteiger partial charge in [0.1, 0.15) is 0 Å². The van der Waals surface area contributed by atoms with Gasteiger partial charge in [0.2, 0.25) is 10.0 Å². The van der Waals surface area contributed by atoms with E-state index in [1.807, 2.05) is 19.1 Å². The average Bonchev–Trinajstić information content (AvgIpc) is 2.91. The highest BCUT2D eigenvalue weighted by Crippen LogP contribution is 2.17. The second kappa shape index (κ2) is 6.89. The number of aryl methyl sites for hydroxylation is 1. The fourth-order valence-electron chi connectivity index (χ4n) is 1.75. The lowest BCUT2D eigenvalue weighted by molar-refractivity contribution is 0.104. The number of nitrogens with one attached hydrogen (secondary N) is 1. The van der Waals surface area contributed by atoms with E-state index in [2.05, 4.69) is 4.72 Å². The number of allylic oxidation sites excluding steroid dienone is 1. The first kappa shape index (κ1) is 16.5. The number of carbonyl (C=O) groups excluding carboxylic acids is 1. The SMILES string of the molecule is CCS(=O)(=O)Nc1ccc(C(=O)C=Cc2ccc(C)s2)cc1. The molecule has 2 aromatic rings. The number of sulfonamides is 1. The minimum Gasteiger partial charge on any atom is -0.289 e. The molecular formula is C16H17NO3S2. The van der Waals surface area contributed by atoms with Gasteiger partial charge in [-0.25, -0.2) is 8.42 Å². The molecule has 0 unspecified atom stereocenters. The van der Waals surface area contributed by atoms with E-state index in [0.717, 1.165) is 4.88 Å². The molecule has 1 N–H and O–H groups in total. The number of rotatable bonds is 6. The highest BCUT2D eigenvalue weighted by atomic mass is 32.2. The van der Waals surface area contributed by atoms with Crippen molar-refractivity contribution in [2.75, 3.05) is 10.5 Å². The van der Waals surface area contributed by atoms with Crippen molar-refractivity contribution in [3.05, 3.63) is 57.8 Å². The van der Waals surface area contributed by atoms with Crippen LogP contribution in [0.2, 0.25) is 0 Å². The Morgan fingerprint density at radius 2 is 1.86 bits per heavy atom. The zero-order valence-electron chi connectivity index (χ0n) is 12.4. The van der Waals surface area contributed by atoms with E-state index in [1.54, 1.807) is 48.6 Å². The Kier molecular flexibility index (Phi) is 5.15. The van der Waals surface area contributed by atoms with Crippen molar-refractivity contribution in [1.29, 1.82) is 0 Å². The Morgan fingerprint density at radius 3 is 2.41 bits per heavy atom. The van der Waals surface area contributed by atoms with E-state index in [0.29, 0.717) is 11.3 Å². The molecule has 1 aromatic heterocycles. The molecule has 1 heterocycles. The Hall–Kier alpha value is -1.92. The number of benzene rings is 1. The lowest BCUT2D eigenvalue weighted by atomic mass is 10.1. The third-order valence-electron chi connectivity index (χ3n) is 2.98. The maximum Gasteiger partial charge on any atom is 0.232 e. The zero-order chi connectivity index (χ0) is 16.2. The van der Waals surface area contributed by atoms with Crippen molar-refractivity contribution in [1.82, 2.24) is 0 Å². The first-order valence-corrected chi connectivity index (χ1v) is 9.26. The molecule has 1 aromatic carbocycles. The summed E-state index contributed by atoms with van der Waals surface area (Å²) in [5.74, 6) is -0.104. The van der Waals surface area contributed by atoms with Crippen molar-refractivity contribution < 1.29 is 13.2 Å². The number of ketones is 1. The van der Waals surface area contributed by atoms with E-state index in [-0.39, 0.29) is 11.5 Å². The Bertz CT molecular complexity index is 787. The molecule has 0 amide bonds. The number of carbonyl (C=O) groups is 1. The van der Waals surface area contributed by atoms with Crippen molar-refractivity contribution in [3.63, 3.8) is 0 Å². The molecule has 0 aliphatic heterocycles. The van der Waals surface area contributed by atoms with Gasteiger partial charge in [0.15, 0.2) is 5.78 Å². The Balaban J connectivity index is 2.06. The van der Waals surface area contributed by atoms with Gasteiger partial charge in [-0.3, -0.25) is 9.52 Å². The predicted octanol–water partition coefficient (Wildman–Crippen LogP) is 3.71. The maximum atomic E-state index is 12.1. The molecule has 0 saturated carbocycles. The van der Waals surface area contributed by atoms with E-state index < -0.39 is 10.0 Å². The molecule has 0 radical (unpaired) electrons. The van der Waals surface area contributed by atoms with Gasteiger partial charge in [0.05, 0.1) is 5.75 Å². The van der Waals surface area contributed by atoms with Crippen LogP contribution in [0.1, 0.15) is 27.0 Å². The number of hydrogen-bond donors (Lipinski definition) is 1. The summed E-state index contributed by atoms with van der Waals surface area (Å²) in [5.41, 5.74) is 0.972. The lowest BCUT2D eigenvalue weighted by Crippen LogP contribution is -2.14. The molecule has 116 valence electrons. The quantitative estimate of drug-likeness (QED) is 0.646. The van der Waals surface area contributed by atoms with Crippen LogP contribution in [0.3, 0.4) is 0 Å². The van der Waals surface area contributed by atoms with Crippen LogP contribution in [0, 0.1) is 6.92 Å². The van der Waals surface area contributed by atoms with Crippen LogP contribution in [-0.2, 0) is 10.0 Å². The van der Waals surface area contributed by atoms with Crippen LogP contribution in [0.15, 0.2) is 42.5 Å². The molecule has 0 bridgehead atoms. The summed E-state index contributed by atoms with van der Waals surface area (Å²) >= 11 is 1.62. The van der Waals surface area contributed by atoms with Crippen LogP contribution >= 0.6 is 11.3 Å². The van der Waals surface area contributed by atoms with Crippen LogP contribution in [0.25, 0.3) is 6.08 Å². The topological polar surface area (TPSA) is 63.2 Å². The molecule has 0 aliphatic rings. The lowest BCUT2D eigenvalue weighted by Gasteiger charge is -2.05. The van der Waals surface area contributed by atoms with Crippen LogP contribution in [0.5, 0.6) is 0 Å². The van der Waals surface area contributed by atoms with Gasteiger partial charge < -0.3 is 0 Å². The molecule has 0 aliphatic carbocycles. The van der Waals surface area contributed by atoms with Crippen molar-refractivity contribution in [2.45, 2.75) is 13.8 Å². The summed E-state index contributed by atoms with van der Waals surface area (Å²) in [7, 11) is -3.30. The van der Waals surface area contributed by atoms with E-state index in [9.17, 15) is 13.2 Å². The second-order valence-corrected chi connectivity index (χ2v) is 8.06. The van der Waals surface area contributed by atoms with Crippen molar-refractivity contribution >= 4 is 38.9 Å². The van der Waals surface area contributed by atoms with Crippen molar-refractivity contribution in [3.8, 4) is 0 Å². The summed E-state index contributed by atoms with van der Waals surface area (Å²) in [5, 5.41) is 0. The molecule has 0 fully saturated rings. The maximum absolute atomic E-state index is 12.1. The molecule has 0 atom stereocenters. The third kappa shape index (κ3) is 4.54. The molecular weight excluding hydrogens is 318 g/mol. The van der Waals surface area contributed by atoms with Crippen LogP contribution in [-0.4, -0.2) is 20.0 Å². The second-order valence-electron chi connectivity index (χ2n) is 4.73. The smallest absolute Gasteiger partial charge is 0.232 e. The molecule has 6 heteroatoms. The molecule has 22 heavy (non-hydrogen) atoms. The minimum atomic E-state index is -3.30. The number of hydrogen-bond acceptors (Lipinski definition) is 4.